The number of carbonyl (C=O) groups is 5. The topological polar surface area (TPSA) is 157 Å². The highest BCUT2D eigenvalue weighted by atomic mass is 16.5. The normalized spacial score (nSPS) is 16.8. The van der Waals surface area contributed by atoms with Crippen molar-refractivity contribution in [3.05, 3.63) is 42.5 Å². The van der Waals surface area contributed by atoms with Crippen LogP contribution in [0.3, 0.4) is 0 Å². The van der Waals surface area contributed by atoms with Crippen molar-refractivity contribution in [2.75, 3.05) is 19.7 Å². The second kappa shape index (κ2) is 17.5. The van der Waals surface area contributed by atoms with Gasteiger partial charge in [-0.1, -0.05) is 65.7 Å². The Morgan fingerprint density at radius 3 is 2.55 bits per heavy atom. The van der Waals surface area contributed by atoms with Gasteiger partial charge in [0, 0.05) is 13.1 Å². The van der Waals surface area contributed by atoms with E-state index in [1.54, 1.807) is 38.1 Å². The van der Waals surface area contributed by atoms with Gasteiger partial charge >= 0.3 is 0 Å². The fourth-order valence-electron chi connectivity index (χ4n) is 4.97. The molecule has 0 spiro atoms. The van der Waals surface area contributed by atoms with Gasteiger partial charge in [0.2, 0.25) is 23.5 Å². The van der Waals surface area contributed by atoms with E-state index in [1.807, 2.05) is 20.8 Å². The Kier molecular flexibility index (Phi) is 14.5. The number of Topliss-reactive ketones (excluding diaryl/α,β-unsaturated/α-hetero) is 1. The number of benzene rings is 1. The molecular weight excluding hydrogens is 564 g/mol. The molecule has 0 aliphatic carbocycles. The standard InChI is InChI=1S/C33H49N4O7/c1-7-12-25(29(39)31(41)34-17-8-2)35-30(40)26-15-11-18-37(26)32(42)28(22(4)9-3)36-27(38)21-23-13-10-14-24(20-23)44-19-16-33(5,6)43/h8,10,13-14,20,22,25-26,28H,2,7,9,11-12,15-19,21H2,1,3-6H3,(H,34,41)(H,35,40)(H,36,38)/q-1/t22?,25?,26-,28-/m0/s1. The van der Waals surface area contributed by atoms with Gasteiger partial charge in [-0.25, -0.2) is 0 Å². The molecule has 4 atom stereocenters. The average molecular weight is 614 g/mol. The van der Waals surface area contributed by atoms with Crippen molar-refractivity contribution >= 4 is 29.4 Å². The molecule has 0 saturated carbocycles. The Morgan fingerprint density at radius 1 is 1.18 bits per heavy atom. The highest BCUT2D eigenvalue weighted by Crippen LogP contribution is 2.22. The number of hydrogen-bond donors (Lipinski definition) is 3. The molecule has 244 valence electrons. The van der Waals surface area contributed by atoms with Crippen LogP contribution < -0.4 is 25.8 Å². The first-order valence-electron chi connectivity index (χ1n) is 15.6. The Hall–Kier alpha value is -3.73. The van der Waals surface area contributed by atoms with Crippen LogP contribution in [0.25, 0.3) is 0 Å². The quantitative estimate of drug-likeness (QED) is 0.168. The van der Waals surface area contributed by atoms with Crippen molar-refractivity contribution in [1.82, 2.24) is 20.9 Å². The minimum Gasteiger partial charge on any atom is -0.850 e. The zero-order valence-electron chi connectivity index (χ0n) is 26.8. The number of likely N-dealkylation sites (tertiary alicyclic amines) is 1. The molecule has 4 amide bonds. The summed E-state index contributed by atoms with van der Waals surface area (Å²) in [5, 5.41) is 19.9. The molecule has 1 aromatic rings. The number of nitrogens with zero attached hydrogens (tertiary/aromatic N) is 1. The first-order valence-corrected chi connectivity index (χ1v) is 15.6. The Bertz CT molecular complexity index is 1160. The Labute approximate surface area is 261 Å². The van der Waals surface area contributed by atoms with E-state index in [9.17, 15) is 29.1 Å². The molecule has 0 bridgehead atoms. The van der Waals surface area contributed by atoms with E-state index < -0.39 is 41.3 Å². The lowest BCUT2D eigenvalue weighted by atomic mass is 9.96. The molecule has 1 aliphatic rings. The molecule has 2 unspecified atom stereocenters. The third-order valence-corrected chi connectivity index (χ3v) is 7.71. The van der Waals surface area contributed by atoms with Gasteiger partial charge < -0.3 is 30.7 Å². The lowest BCUT2D eigenvalue weighted by Crippen LogP contribution is -2.57. The number of ether oxygens (including phenoxy) is 1. The molecule has 1 heterocycles. The molecule has 11 heteroatoms. The van der Waals surface area contributed by atoms with Gasteiger partial charge in [0.1, 0.15) is 17.8 Å². The average Bonchev–Trinajstić information content (AvgIpc) is 3.47. The van der Waals surface area contributed by atoms with Crippen molar-refractivity contribution in [2.24, 2.45) is 5.92 Å². The second-order valence-corrected chi connectivity index (χ2v) is 12.0. The van der Waals surface area contributed by atoms with Gasteiger partial charge in [0.25, 0.3) is 5.91 Å². The van der Waals surface area contributed by atoms with Crippen LogP contribution in [0, 0.1) is 5.92 Å². The maximum absolute atomic E-state index is 13.8. The molecule has 1 fully saturated rings. The largest absolute Gasteiger partial charge is 0.850 e. The predicted octanol–water partition coefficient (Wildman–Crippen LogP) is 1.82. The molecular formula is C33H49N4O7-. The summed E-state index contributed by atoms with van der Waals surface area (Å²) in [6.45, 7) is 13.1. The fourth-order valence-corrected chi connectivity index (χ4v) is 4.97. The highest BCUT2D eigenvalue weighted by molar-refractivity contribution is 6.38. The van der Waals surface area contributed by atoms with E-state index in [1.165, 1.54) is 11.0 Å². The van der Waals surface area contributed by atoms with E-state index >= 15 is 0 Å². The minimum absolute atomic E-state index is 0.0170. The third kappa shape index (κ3) is 11.4. The number of amides is 4. The van der Waals surface area contributed by atoms with E-state index in [0.29, 0.717) is 50.0 Å². The fraction of sp³-hybridized carbons (Fsp3) is 0.606. The minimum atomic E-state index is -1.10. The van der Waals surface area contributed by atoms with Crippen LogP contribution in [0.2, 0.25) is 0 Å². The first-order chi connectivity index (χ1) is 20.8. The summed E-state index contributed by atoms with van der Waals surface area (Å²) in [7, 11) is 0. The molecule has 0 radical (unpaired) electrons. The molecule has 1 aromatic carbocycles. The summed E-state index contributed by atoms with van der Waals surface area (Å²) in [4.78, 5) is 66.7. The summed E-state index contributed by atoms with van der Waals surface area (Å²) < 4.78 is 5.69. The molecule has 2 rings (SSSR count). The molecule has 11 nitrogen and oxygen atoms in total. The van der Waals surface area contributed by atoms with E-state index in [-0.39, 0.29) is 43.7 Å². The van der Waals surface area contributed by atoms with Gasteiger partial charge in [-0.05, 0) is 49.3 Å². The molecule has 44 heavy (non-hydrogen) atoms. The second-order valence-electron chi connectivity index (χ2n) is 12.0. The van der Waals surface area contributed by atoms with Gasteiger partial charge in [0.15, 0.2) is 0 Å². The van der Waals surface area contributed by atoms with Crippen LogP contribution in [0.15, 0.2) is 36.9 Å². The molecule has 1 saturated heterocycles. The van der Waals surface area contributed by atoms with Gasteiger partial charge in [0.05, 0.1) is 19.1 Å². The number of rotatable bonds is 18. The Morgan fingerprint density at radius 2 is 1.91 bits per heavy atom. The van der Waals surface area contributed by atoms with Crippen molar-refractivity contribution in [2.45, 2.75) is 103 Å². The van der Waals surface area contributed by atoms with E-state index in [4.69, 9.17) is 4.74 Å². The summed E-state index contributed by atoms with van der Waals surface area (Å²) in [6.07, 6.45) is 4.27. The maximum atomic E-state index is 13.8. The van der Waals surface area contributed by atoms with E-state index in [0.717, 1.165) is 0 Å². The van der Waals surface area contributed by atoms with Crippen LogP contribution in [0.1, 0.15) is 78.7 Å². The van der Waals surface area contributed by atoms with Crippen molar-refractivity contribution in [1.29, 1.82) is 0 Å². The van der Waals surface area contributed by atoms with Crippen molar-refractivity contribution < 1.29 is 33.8 Å². The first kappa shape index (κ1) is 36.5. The smallest absolute Gasteiger partial charge is 0.289 e. The lowest BCUT2D eigenvalue weighted by Gasteiger charge is -2.32. The van der Waals surface area contributed by atoms with Gasteiger partial charge in [-0.15, -0.1) is 12.2 Å². The van der Waals surface area contributed by atoms with Crippen LogP contribution >= 0.6 is 0 Å². The van der Waals surface area contributed by atoms with Crippen molar-refractivity contribution in [3.63, 3.8) is 0 Å². The lowest BCUT2D eigenvalue weighted by molar-refractivity contribution is -0.467. The van der Waals surface area contributed by atoms with Crippen LogP contribution in [0.4, 0.5) is 0 Å². The van der Waals surface area contributed by atoms with Crippen LogP contribution in [0.5, 0.6) is 5.75 Å². The van der Waals surface area contributed by atoms with Crippen LogP contribution in [-0.4, -0.2) is 77.7 Å². The Balaban J connectivity index is 2.10. The number of ketones is 1. The van der Waals surface area contributed by atoms with Crippen LogP contribution in [-0.2, 0) is 30.4 Å². The monoisotopic (exact) mass is 613 g/mol. The summed E-state index contributed by atoms with van der Waals surface area (Å²) in [5.74, 6) is -2.39. The summed E-state index contributed by atoms with van der Waals surface area (Å²) >= 11 is 0. The third-order valence-electron chi connectivity index (χ3n) is 7.71. The summed E-state index contributed by atoms with van der Waals surface area (Å²) in [5.41, 5.74) is -0.403. The van der Waals surface area contributed by atoms with Gasteiger partial charge in [-0.2, -0.15) is 0 Å². The molecule has 3 N–H and O–H groups in total. The van der Waals surface area contributed by atoms with Gasteiger partial charge in [-0.3, -0.25) is 24.0 Å². The number of nitrogens with one attached hydrogen (secondary N) is 3. The zero-order valence-corrected chi connectivity index (χ0v) is 26.8. The summed E-state index contributed by atoms with van der Waals surface area (Å²) in [6, 6.07) is 4.38. The number of carbonyl (C=O) groups excluding carboxylic acids is 5. The number of hydrogen-bond acceptors (Lipinski definition) is 7. The maximum Gasteiger partial charge on any atom is 0.289 e. The predicted molar refractivity (Wildman–Crippen MR) is 166 cm³/mol. The molecule has 1 aliphatic heterocycles. The highest BCUT2D eigenvalue weighted by Gasteiger charge is 2.40. The van der Waals surface area contributed by atoms with E-state index in [2.05, 4.69) is 22.5 Å². The van der Waals surface area contributed by atoms with Crippen molar-refractivity contribution in [3.8, 4) is 5.75 Å². The SMILES string of the molecule is C=CCNC(=O)C(=O)C(CCC)NC(=O)[C@@H]1CCCN1C(=O)[C@@H](NC(=O)Cc1cccc(OCCC(C)(C)[O-])c1)C(C)CC. The molecule has 0 aromatic heterocycles. The zero-order chi connectivity index (χ0) is 32.9.